The number of nitrogens with zero attached hydrogens (tertiary/aromatic N) is 1. The van der Waals surface area contributed by atoms with Crippen molar-refractivity contribution in [3.8, 4) is 27.4 Å². The van der Waals surface area contributed by atoms with Gasteiger partial charge < -0.3 is 9.72 Å². The Morgan fingerprint density at radius 3 is 2.53 bits per heavy atom. The smallest absolute Gasteiger partial charge is 0.129 e. The molecule has 0 radical (unpaired) electrons. The molecule has 3 nitrogen and oxygen atoms in total. The third kappa shape index (κ3) is 2.61. The maximum atomic E-state index is 5.68. The molecule has 0 unspecified atom stereocenters. The number of ether oxygens (including phenoxy) is 1. The van der Waals surface area contributed by atoms with Gasteiger partial charge in [-0.25, -0.2) is 4.98 Å². The van der Waals surface area contributed by atoms with Gasteiger partial charge in [0, 0.05) is 21.9 Å². The molecule has 144 valence electrons. The van der Waals surface area contributed by atoms with Gasteiger partial charge in [-0.05, 0) is 35.9 Å². The summed E-state index contributed by atoms with van der Waals surface area (Å²) in [6.07, 6.45) is 0. The number of thiazole rings is 1. The van der Waals surface area contributed by atoms with Gasteiger partial charge in [0.1, 0.15) is 10.8 Å². The fourth-order valence-corrected chi connectivity index (χ4v) is 5.13. The number of aromatic amines is 1. The van der Waals surface area contributed by atoms with Crippen molar-refractivity contribution in [2.75, 3.05) is 7.11 Å². The van der Waals surface area contributed by atoms with Crippen LogP contribution in [0.25, 0.3) is 53.7 Å². The second-order valence-corrected chi connectivity index (χ2v) is 8.33. The summed E-state index contributed by atoms with van der Waals surface area (Å²) in [7, 11) is 1.71. The quantitative estimate of drug-likeness (QED) is 0.335. The van der Waals surface area contributed by atoms with Crippen molar-refractivity contribution in [3.05, 3.63) is 84.9 Å². The molecule has 6 aromatic rings. The third-order valence-corrected chi connectivity index (χ3v) is 6.65. The maximum absolute atomic E-state index is 5.68. The molecule has 0 amide bonds. The summed E-state index contributed by atoms with van der Waals surface area (Å²) >= 11 is 1.69. The summed E-state index contributed by atoms with van der Waals surface area (Å²) in [5, 5.41) is 3.45. The second kappa shape index (κ2) is 6.71. The van der Waals surface area contributed by atoms with Crippen molar-refractivity contribution in [1.82, 2.24) is 9.97 Å². The average Bonchev–Trinajstić information content (AvgIpc) is 3.40. The van der Waals surface area contributed by atoms with Gasteiger partial charge in [0.05, 0.1) is 28.4 Å². The van der Waals surface area contributed by atoms with Gasteiger partial charge in [-0.2, -0.15) is 0 Å². The van der Waals surface area contributed by atoms with E-state index >= 15 is 0 Å². The predicted octanol–water partition coefficient (Wildman–Crippen LogP) is 7.27. The molecule has 0 spiro atoms. The number of hydrogen-bond acceptors (Lipinski definition) is 3. The van der Waals surface area contributed by atoms with E-state index in [0.29, 0.717) is 0 Å². The van der Waals surface area contributed by atoms with Crippen molar-refractivity contribution in [1.29, 1.82) is 0 Å². The largest absolute Gasteiger partial charge is 0.496 e. The lowest BCUT2D eigenvalue weighted by molar-refractivity contribution is 0.416. The molecule has 6 rings (SSSR count). The van der Waals surface area contributed by atoms with E-state index in [-0.39, 0.29) is 0 Å². The Kier molecular flexibility index (Phi) is 3.86. The highest BCUT2D eigenvalue weighted by molar-refractivity contribution is 7.21. The first-order valence-corrected chi connectivity index (χ1v) is 10.7. The Labute approximate surface area is 177 Å². The standard InChI is InChI=1S/C26H18N2OS/c1-29-23-14-13-16(15-20(23)26-28-22-11-4-5-12-24(22)30-26)17-8-6-9-19-18-7-2-3-10-21(18)27-25(17)19/h2-15,27H,1H3. The molecule has 0 fully saturated rings. The Balaban J connectivity index is 1.58. The highest BCUT2D eigenvalue weighted by atomic mass is 32.1. The van der Waals surface area contributed by atoms with E-state index in [0.717, 1.165) is 38.4 Å². The van der Waals surface area contributed by atoms with Crippen LogP contribution in [-0.2, 0) is 0 Å². The van der Waals surface area contributed by atoms with Crippen molar-refractivity contribution in [2.24, 2.45) is 0 Å². The van der Waals surface area contributed by atoms with Gasteiger partial charge in [0.15, 0.2) is 0 Å². The maximum Gasteiger partial charge on any atom is 0.129 e. The van der Waals surface area contributed by atoms with Crippen LogP contribution in [0.15, 0.2) is 84.9 Å². The van der Waals surface area contributed by atoms with Gasteiger partial charge in [0.2, 0.25) is 0 Å². The minimum absolute atomic E-state index is 0.835. The fourth-order valence-electron chi connectivity index (χ4n) is 4.14. The first kappa shape index (κ1) is 17.2. The van der Waals surface area contributed by atoms with Gasteiger partial charge in [0.25, 0.3) is 0 Å². The molecule has 0 atom stereocenters. The first-order valence-electron chi connectivity index (χ1n) is 9.85. The minimum atomic E-state index is 0.835. The number of para-hydroxylation sites is 3. The van der Waals surface area contributed by atoms with Crippen molar-refractivity contribution < 1.29 is 4.74 Å². The molecule has 0 bridgehead atoms. The number of hydrogen-bond donors (Lipinski definition) is 1. The van der Waals surface area contributed by atoms with Crippen molar-refractivity contribution in [3.63, 3.8) is 0 Å². The van der Waals surface area contributed by atoms with Gasteiger partial charge in [-0.1, -0.05) is 54.6 Å². The van der Waals surface area contributed by atoms with E-state index in [1.165, 1.54) is 21.0 Å². The molecule has 1 N–H and O–H groups in total. The lowest BCUT2D eigenvalue weighted by Crippen LogP contribution is -1.89. The average molecular weight is 407 g/mol. The Bertz CT molecular complexity index is 1510. The molecule has 4 heteroatoms. The predicted molar refractivity (Wildman–Crippen MR) is 126 cm³/mol. The van der Waals surface area contributed by atoms with Gasteiger partial charge in [-0.3, -0.25) is 0 Å². The van der Waals surface area contributed by atoms with Crippen LogP contribution in [0.2, 0.25) is 0 Å². The van der Waals surface area contributed by atoms with Crippen molar-refractivity contribution >= 4 is 43.4 Å². The molecule has 4 aromatic carbocycles. The second-order valence-electron chi connectivity index (χ2n) is 7.30. The van der Waals surface area contributed by atoms with Crippen LogP contribution in [0.1, 0.15) is 0 Å². The molecule has 30 heavy (non-hydrogen) atoms. The van der Waals surface area contributed by atoms with E-state index in [1.54, 1.807) is 18.4 Å². The lowest BCUT2D eigenvalue weighted by atomic mass is 10.00. The zero-order valence-corrected chi connectivity index (χ0v) is 17.2. The lowest BCUT2D eigenvalue weighted by Gasteiger charge is -2.10. The number of benzene rings is 4. The van der Waals surface area contributed by atoms with Crippen molar-refractivity contribution in [2.45, 2.75) is 0 Å². The summed E-state index contributed by atoms with van der Waals surface area (Å²) < 4.78 is 6.86. The summed E-state index contributed by atoms with van der Waals surface area (Å²) in [6, 6.07) is 29.5. The molecule has 2 heterocycles. The van der Waals surface area contributed by atoms with E-state index in [4.69, 9.17) is 9.72 Å². The normalized spacial score (nSPS) is 11.5. The van der Waals surface area contributed by atoms with Crippen LogP contribution >= 0.6 is 11.3 Å². The number of fused-ring (bicyclic) bond motifs is 4. The molecule has 0 saturated carbocycles. The van der Waals surface area contributed by atoms with Crippen LogP contribution in [-0.4, -0.2) is 17.1 Å². The summed E-state index contributed by atoms with van der Waals surface area (Å²) in [5.41, 5.74) is 6.65. The van der Waals surface area contributed by atoms with E-state index in [2.05, 4.69) is 77.8 Å². The Hall–Kier alpha value is -3.63. The summed E-state index contributed by atoms with van der Waals surface area (Å²) in [4.78, 5) is 8.46. The van der Waals surface area contributed by atoms with Gasteiger partial charge in [-0.15, -0.1) is 11.3 Å². The number of methoxy groups -OCH3 is 1. The van der Waals surface area contributed by atoms with Crippen LogP contribution < -0.4 is 4.74 Å². The van der Waals surface area contributed by atoms with E-state index < -0.39 is 0 Å². The number of aromatic nitrogens is 2. The molecule has 0 aliphatic carbocycles. The molecule has 0 saturated heterocycles. The number of nitrogens with one attached hydrogen (secondary N) is 1. The third-order valence-electron chi connectivity index (χ3n) is 5.58. The van der Waals surface area contributed by atoms with Crippen LogP contribution in [0.3, 0.4) is 0 Å². The van der Waals surface area contributed by atoms with Crippen LogP contribution in [0.4, 0.5) is 0 Å². The highest BCUT2D eigenvalue weighted by Crippen LogP contribution is 2.40. The number of H-pyrrole nitrogens is 1. The monoisotopic (exact) mass is 406 g/mol. The van der Waals surface area contributed by atoms with E-state index in [9.17, 15) is 0 Å². The first-order chi connectivity index (χ1) is 14.8. The zero-order chi connectivity index (χ0) is 20.1. The molecular formula is C26H18N2OS. The van der Waals surface area contributed by atoms with Crippen LogP contribution in [0.5, 0.6) is 5.75 Å². The fraction of sp³-hybridized carbons (Fsp3) is 0.0385. The molecule has 2 aromatic heterocycles. The summed E-state index contributed by atoms with van der Waals surface area (Å²) in [5.74, 6) is 0.835. The van der Waals surface area contributed by atoms with Gasteiger partial charge >= 0.3 is 0 Å². The number of rotatable bonds is 3. The highest BCUT2D eigenvalue weighted by Gasteiger charge is 2.15. The molecular weight excluding hydrogens is 388 g/mol. The zero-order valence-electron chi connectivity index (χ0n) is 16.3. The SMILES string of the molecule is COc1ccc(-c2cccc3c2[nH]c2ccccc23)cc1-c1nc2ccccc2s1. The topological polar surface area (TPSA) is 37.9 Å². The molecule has 0 aliphatic heterocycles. The minimum Gasteiger partial charge on any atom is -0.496 e. The molecule has 0 aliphatic rings. The van der Waals surface area contributed by atoms with Crippen LogP contribution in [0, 0.1) is 0 Å². The Morgan fingerprint density at radius 2 is 1.63 bits per heavy atom. The Morgan fingerprint density at radius 1 is 0.800 bits per heavy atom. The summed E-state index contributed by atoms with van der Waals surface area (Å²) in [6.45, 7) is 0. The van der Waals surface area contributed by atoms with E-state index in [1.807, 2.05) is 12.1 Å².